The number of hydrogen-bond donors (Lipinski definition) is 4. The third kappa shape index (κ3) is 8.99. The lowest BCUT2D eigenvalue weighted by molar-refractivity contribution is -0.119. The molecule has 0 radical (unpaired) electrons. The highest BCUT2D eigenvalue weighted by Gasteiger charge is 2.26. The van der Waals surface area contributed by atoms with Gasteiger partial charge in [-0.3, -0.25) is 14.4 Å². The van der Waals surface area contributed by atoms with Gasteiger partial charge in [0.15, 0.2) is 5.78 Å². The zero-order chi connectivity index (χ0) is 34.2. The van der Waals surface area contributed by atoms with Crippen molar-refractivity contribution in [3.8, 4) is 11.5 Å². The average molecular weight is 654 g/mol. The van der Waals surface area contributed by atoms with Crippen LogP contribution in [0.15, 0.2) is 55.3 Å². The molecule has 2 aromatic carbocycles. The van der Waals surface area contributed by atoms with Crippen LogP contribution in [-0.4, -0.2) is 37.8 Å². The monoisotopic (exact) mass is 653 g/mol. The summed E-state index contributed by atoms with van der Waals surface area (Å²) in [5, 5.41) is 26.1. The molecule has 2 aliphatic rings. The number of ketones is 1. The molecule has 1 aromatic heterocycles. The second-order valence-electron chi connectivity index (χ2n) is 13.5. The van der Waals surface area contributed by atoms with Crippen molar-refractivity contribution in [2.45, 2.75) is 96.9 Å². The summed E-state index contributed by atoms with van der Waals surface area (Å²) in [4.78, 5) is 49.6. The molecule has 4 N–H and O–H groups in total. The van der Waals surface area contributed by atoms with Crippen LogP contribution in [-0.2, 0) is 16.1 Å². The summed E-state index contributed by atoms with van der Waals surface area (Å²) in [5.74, 6) is 0.952. The van der Waals surface area contributed by atoms with E-state index in [1.807, 2.05) is 6.92 Å². The maximum atomic E-state index is 13.3. The summed E-state index contributed by atoms with van der Waals surface area (Å²) in [6, 6.07) is 9.28. The molecule has 10 heteroatoms. The van der Waals surface area contributed by atoms with Crippen LogP contribution >= 0.6 is 0 Å². The van der Waals surface area contributed by atoms with E-state index >= 15 is 0 Å². The van der Waals surface area contributed by atoms with E-state index in [4.69, 9.17) is 4.98 Å². The molecule has 1 saturated carbocycles. The highest BCUT2D eigenvalue weighted by Crippen LogP contribution is 2.35. The number of benzene rings is 2. The fourth-order valence-corrected chi connectivity index (χ4v) is 6.82. The van der Waals surface area contributed by atoms with Gasteiger partial charge >= 0.3 is 0 Å². The van der Waals surface area contributed by atoms with Gasteiger partial charge in [0, 0.05) is 48.4 Å². The van der Waals surface area contributed by atoms with Gasteiger partial charge in [0.2, 0.25) is 17.8 Å². The molecule has 0 saturated heterocycles. The second kappa shape index (κ2) is 15.9. The van der Waals surface area contributed by atoms with Crippen molar-refractivity contribution >= 4 is 40.6 Å². The molecule has 3 aromatic rings. The highest BCUT2D eigenvalue weighted by molar-refractivity contribution is 6.04. The van der Waals surface area contributed by atoms with Crippen molar-refractivity contribution in [3.05, 3.63) is 72.1 Å². The molecule has 1 aliphatic carbocycles. The standard InChI is InChI=1S/C38H47N5O5/c1-4-35(47)40-33-18-27(34(46)11-7-10-26-9-6-5-8-24(2)12-14-26)15-16-32(33)41-38-39-22-28-23-43(29-19-30(44)21-31(45)20-29)36(48)17-13-25(3)37(28)42-38/h4,15-16,18-22,24-26,44-45H,1,5-14,17,23H2,2-3H3,(H,40,47)(H,39,41,42). The minimum Gasteiger partial charge on any atom is -0.508 e. The number of fused-ring (bicyclic) bond motifs is 1. The zero-order valence-corrected chi connectivity index (χ0v) is 28.0. The fourth-order valence-electron chi connectivity index (χ4n) is 6.82. The van der Waals surface area contributed by atoms with Crippen molar-refractivity contribution in [3.63, 3.8) is 0 Å². The topological polar surface area (TPSA) is 145 Å². The van der Waals surface area contributed by atoms with Crippen LogP contribution in [0.25, 0.3) is 0 Å². The normalized spacial score (nSPS) is 20.0. The Morgan fingerprint density at radius 1 is 1.00 bits per heavy atom. The molecule has 0 spiro atoms. The van der Waals surface area contributed by atoms with Crippen LogP contribution in [0.5, 0.6) is 11.5 Å². The van der Waals surface area contributed by atoms with E-state index in [0.717, 1.165) is 30.0 Å². The molecule has 254 valence electrons. The van der Waals surface area contributed by atoms with Crippen molar-refractivity contribution in [2.24, 2.45) is 11.8 Å². The number of rotatable bonds is 10. The Labute approximate surface area is 282 Å². The molecule has 2 heterocycles. The maximum absolute atomic E-state index is 13.3. The van der Waals surface area contributed by atoms with Gasteiger partial charge in [-0.1, -0.05) is 65.4 Å². The minimum absolute atomic E-state index is 0.0418. The van der Waals surface area contributed by atoms with Crippen LogP contribution in [0.3, 0.4) is 0 Å². The summed E-state index contributed by atoms with van der Waals surface area (Å²) < 4.78 is 0. The van der Waals surface area contributed by atoms with E-state index < -0.39 is 5.91 Å². The third-order valence-corrected chi connectivity index (χ3v) is 9.66. The number of anilines is 4. The Balaban J connectivity index is 1.32. The predicted octanol–water partition coefficient (Wildman–Crippen LogP) is 8.15. The number of hydrogen-bond acceptors (Lipinski definition) is 8. The number of phenols is 2. The SMILES string of the molecule is C=CC(=O)Nc1cc(C(=O)CCCC2CCCCC(C)CC2)ccc1Nc1ncc2c(n1)C(C)CCC(=O)N(c1cc(O)cc(O)c1)C2. The van der Waals surface area contributed by atoms with E-state index in [1.54, 1.807) is 24.4 Å². The van der Waals surface area contributed by atoms with Gasteiger partial charge in [-0.15, -0.1) is 0 Å². The number of Topliss-reactive ketones (excluding diaryl/α,β-unsaturated/α-hetero) is 1. The van der Waals surface area contributed by atoms with E-state index in [2.05, 4.69) is 29.1 Å². The van der Waals surface area contributed by atoms with Gasteiger partial charge in [-0.2, -0.15) is 0 Å². The Morgan fingerprint density at radius 3 is 2.54 bits per heavy atom. The van der Waals surface area contributed by atoms with Crippen LogP contribution in [0.1, 0.15) is 112 Å². The number of carbonyl (C=O) groups excluding carboxylic acids is 3. The van der Waals surface area contributed by atoms with Gasteiger partial charge in [0.25, 0.3) is 0 Å². The van der Waals surface area contributed by atoms with Gasteiger partial charge in [0.1, 0.15) is 11.5 Å². The zero-order valence-electron chi connectivity index (χ0n) is 28.0. The lowest BCUT2D eigenvalue weighted by Gasteiger charge is -2.28. The summed E-state index contributed by atoms with van der Waals surface area (Å²) in [7, 11) is 0. The quantitative estimate of drug-likeness (QED) is 0.127. The number of amides is 2. The lowest BCUT2D eigenvalue weighted by Crippen LogP contribution is -2.33. The first-order valence-corrected chi connectivity index (χ1v) is 17.2. The van der Waals surface area contributed by atoms with Gasteiger partial charge < -0.3 is 25.7 Å². The smallest absolute Gasteiger partial charge is 0.247 e. The Kier molecular flexibility index (Phi) is 11.5. The number of carbonyl (C=O) groups is 3. The van der Waals surface area contributed by atoms with Crippen LogP contribution in [0.2, 0.25) is 0 Å². The molecule has 1 aliphatic heterocycles. The van der Waals surface area contributed by atoms with Gasteiger partial charge in [-0.25, -0.2) is 9.97 Å². The fraction of sp³-hybridized carbons (Fsp3) is 0.447. The molecule has 1 fully saturated rings. The summed E-state index contributed by atoms with van der Waals surface area (Å²) >= 11 is 0. The molecule has 10 nitrogen and oxygen atoms in total. The number of aromatic hydroxyl groups is 2. The van der Waals surface area contributed by atoms with Crippen LogP contribution in [0, 0.1) is 11.8 Å². The first kappa shape index (κ1) is 34.6. The first-order valence-electron chi connectivity index (χ1n) is 17.2. The minimum atomic E-state index is -0.406. The molecule has 5 rings (SSSR count). The molecule has 3 atom stereocenters. The second-order valence-corrected chi connectivity index (χ2v) is 13.5. The van der Waals surface area contributed by atoms with E-state index in [1.165, 1.54) is 67.7 Å². The number of phenolic OH excluding ortho intramolecular Hbond substituents is 2. The van der Waals surface area contributed by atoms with Crippen molar-refractivity contribution in [1.29, 1.82) is 0 Å². The van der Waals surface area contributed by atoms with Gasteiger partial charge in [-0.05, 0) is 54.9 Å². The van der Waals surface area contributed by atoms with Crippen molar-refractivity contribution < 1.29 is 24.6 Å². The average Bonchev–Trinajstić information content (AvgIpc) is 3.05. The summed E-state index contributed by atoms with van der Waals surface area (Å²) in [6.45, 7) is 8.08. The van der Waals surface area contributed by atoms with E-state index in [-0.39, 0.29) is 42.1 Å². The first-order chi connectivity index (χ1) is 23.1. The molecular formula is C38H47N5O5. The number of nitrogens with one attached hydrogen (secondary N) is 2. The number of aromatic nitrogens is 2. The van der Waals surface area contributed by atoms with Gasteiger partial charge in [0.05, 0.1) is 29.3 Å². The van der Waals surface area contributed by atoms with Crippen molar-refractivity contribution in [1.82, 2.24) is 9.97 Å². The molecule has 48 heavy (non-hydrogen) atoms. The van der Waals surface area contributed by atoms with Crippen molar-refractivity contribution in [2.75, 3.05) is 15.5 Å². The third-order valence-electron chi connectivity index (χ3n) is 9.66. The lowest BCUT2D eigenvalue weighted by atomic mass is 9.83. The maximum Gasteiger partial charge on any atom is 0.247 e. The number of nitrogens with zero attached hydrogens (tertiary/aromatic N) is 3. The molecular weight excluding hydrogens is 606 g/mol. The highest BCUT2D eigenvalue weighted by atomic mass is 16.3. The van der Waals surface area contributed by atoms with Crippen LogP contribution < -0.4 is 15.5 Å². The Hall–Kier alpha value is -4.73. The summed E-state index contributed by atoms with van der Waals surface area (Å²) in [5.41, 5.74) is 3.35. The van der Waals surface area contributed by atoms with E-state index in [9.17, 15) is 24.6 Å². The summed E-state index contributed by atoms with van der Waals surface area (Å²) in [6.07, 6.45) is 13.7. The Bertz CT molecular complexity index is 1640. The molecule has 2 amide bonds. The van der Waals surface area contributed by atoms with Crippen LogP contribution in [0.4, 0.5) is 23.0 Å². The predicted molar refractivity (Wildman–Crippen MR) is 188 cm³/mol. The molecule has 3 unspecified atom stereocenters. The largest absolute Gasteiger partial charge is 0.508 e. The van der Waals surface area contributed by atoms with E-state index in [0.29, 0.717) is 47.3 Å². The Morgan fingerprint density at radius 2 is 1.77 bits per heavy atom. The molecule has 0 bridgehead atoms.